The predicted molar refractivity (Wildman–Crippen MR) is 73.1 cm³/mol. The highest BCUT2D eigenvalue weighted by Gasteiger charge is 2.22. The maximum atomic E-state index is 11.6. The molecule has 0 aliphatic carbocycles. The minimum Gasteiger partial charge on any atom is -0.388 e. The summed E-state index contributed by atoms with van der Waals surface area (Å²) in [5.74, 6) is 0.388. The lowest BCUT2D eigenvalue weighted by Gasteiger charge is -2.26. The van der Waals surface area contributed by atoms with E-state index >= 15 is 0 Å². The fourth-order valence-corrected chi connectivity index (χ4v) is 2.11. The molecule has 0 saturated heterocycles. The van der Waals surface area contributed by atoms with E-state index in [-0.39, 0.29) is 10.6 Å². The molecule has 1 unspecified atom stereocenters. The van der Waals surface area contributed by atoms with Crippen LogP contribution < -0.4 is 10.9 Å². The zero-order valence-corrected chi connectivity index (χ0v) is 12.0. The summed E-state index contributed by atoms with van der Waals surface area (Å²) in [5, 5.41) is 17.1. The van der Waals surface area contributed by atoms with E-state index < -0.39 is 5.60 Å². The highest BCUT2D eigenvalue weighted by molar-refractivity contribution is 6.32. The van der Waals surface area contributed by atoms with Crippen molar-refractivity contribution in [3.8, 4) is 0 Å². The first kappa shape index (κ1) is 15.0. The molecule has 0 amide bonds. The Balaban J connectivity index is 2.75. The molecule has 2 N–H and O–H groups in total. The van der Waals surface area contributed by atoms with Gasteiger partial charge in [0.15, 0.2) is 0 Å². The van der Waals surface area contributed by atoms with Gasteiger partial charge in [0.2, 0.25) is 0 Å². The molecule has 0 aliphatic rings. The molecule has 0 spiro atoms. The highest BCUT2D eigenvalue weighted by atomic mass is 35.5. The number of hydrogen-bond acceptors (Lipinski definition) is 4. The van der Waals surface area contributed by atoms with Crippen LogP contribution >= 0.6 is 11.6 Å². The van der Waals surface area contributed by atoms with Gasteiger partial charge in [-0.1, -0.05) is 25.4 Å². The molecule has 102 valence electrons. The molecule has 1 heterocycles. The van der Waals surface area contributed by atoms with Gasteiger partial charge in [0.05, 0.1) is 17.5 Å². The number of halogens is 1. The van der Waals surface area contributed by atoms with Crippen molar-refractivity contribution in [2.75, 3.05) is 11.9 Å². The van der Waals surface area contributed by atoms with Gasteiger partial charge in [-0.25, -0.2) is 4.68 Å². The molecule has 1 aromatic heterocycles. The molecule has 5 nitrogen and oxygen atoms in total. The first-order chi connectivity index (χ1) is 8.23. The van der Waals surface area contributed by atoms with Crippen LogP contribution in [0.25, 0.3) is 0 Å². The number of rotatable bonds is 5. The van der Waals surface area contributed by atoms with Crippen LogP contribution in [0.4, 0.5) is 5.69 Å². The Morgan fingerprint density at radius 2 is 2.22 bits per heavy atom. The Labute approximate surface area is 112 Å². The Bertz CT molecular complexity index is 469. The topological polar surface area (TPSA) is 67.2 Å². The van der Waals surface area contributed by atoms with Crippen LogP contribution in [0.3, 0.4) is 0 Å². The molecule has 0 bridgehead atoms. The number of aromatic nitrogens is 2. The summed E-state index contributed by atoms with van der Waals surface area (Å²) in [5.41, 5.74) is -0.757. The number of aliphatic hydroxyl groups is 1. The number of hydrogen-bond donors (Lipinski definition) is 2. The molecule has 0 radical (unpaired) electrons. The molecule has 6 heteroatoms. The monoisotopic (exact) mass is 273 g/mol. The maximum absolute atomic E-state index is 11.6. The van der Waals surface area contributed by atoms with E-state index in [4.69, 9.17) is 11.6 Å². The van der Waals surface area contributed by atoms with E-state index in [1.165, 1.54) is 17.9 Å². The first-order valence-corrected chi connectivity index (χ1v) is 6.29. The van der Waals surface area contributed by atoms with E-state index in [2.05, 4.69) is 10.4 Å². The molecular formula is C12H20ClN3O2. The van der Waals surface area contributed by atoms with Crippen LogP contribution in [0.5, 0.6) is 0 Å². The second kappa shape index (κ2) is 5.71. The Hall–Kier alpha value is -1.07. The number of aryl methyl sites for hydroxylation is 1. The molecule has 1 aromatic rings. The lowest BCUT2D eigenvalue weighted by Crippen LogP contribution is -2.35. The second-order valence-electron chi connectivity index (χ2n) is 5.25. The summed E-state index contributed by atoms with van der Waals surface area (Å²) in [6, 6.07) is 0. The van der Waals surface area contributed by atoms with Crippen molar-refractivity contribution in [3.63, 3.8) is 0 Å². The van der Waals surface area contributed by atoms with Gasteiger partial charge in [-0.2, -0.15) is 5.10 Å². The first-order valence-electron chi connectivity index (χ1n) is 5.91. The standard InChI is InChI=1S/C12H20ClN3O2/c1-8(2)5-12(3,18)7-14-9-6-15-16(4)11(17)10(9)13/h6,8,14,18H,5,7H2,1-4H3. The summed E-state index contributed by atoms with van der Waals surface area (Å²) < 4.78 is 1.17. The van der Waals surface area contributed by atoms with Crippen LogP contribution in [0.15, 0.2) is 11.0 Å². The summed E-state index contributed by atoms with van der Waals surface area (Å²) >= 11 is 5.92. The van der Waals surface area contributed by atoms with E-state index in [0.717, 1.165) is 0 Å². The van der Waals surface area contributed by atoms with E-state index in [0.29, 0.717) is 24.6 Å². The van der Waals surface area contributed by atoms with Crippen molar-refractivity contribution < 1.29 is 5.11 Å². The molecule has 1 atom stereocenters. The van der Waals surface area contributed by atoms with Crippen LogP contribution in [-0.2, 0) is 7.05 Å². The summed E-state index contributed by atoms with van der Waals surface area (Å²) in [6.07, 6.45) is 2.14. The minimum absolute atomic E-state index is 0.0906. The minimum atomic E-state index is -0.849. The number of nitrogens with zero attached hydrogens (tertiary/aromatic N) is 2. The van der Waals surface area contributed by atoms with Crippen molar-refractivity contribution in [2.45, 2.75) is 32.8 Å². The molecule has 0 aliphatic heterocycles. The average Bonchev–Trinajstić information content (AvgIpc) is 2.23. The van der Waals surface area contributed by atoms with Gasteiger partial charge in [-0.05, 0) is 19.3 Å². The SMILES string of the molecule is CC(C)CC(C)(O)CNc1cnn(C)c(=O)c1Cl. The smallest absolute Gasteiger partial charge is 0.287 e. The average molecular weight is 274 g/mol. The normalized spacial score (nSPS) is 14.6. The van der Waals surface area contributed by atoms with Gasteiger partial charge in [0.25, 0.3) is 5.56 Å². The zero-order chi connectivity index (χ0) is 13.9. The fraction of sp³-hybridized carbons (Fsp3) is 0.667. The van der Waals surface area contributed by atoms with E-state index in [1.807, 2.05) is 13.8 Å². The third-order valence-corrected chi connectivity index (χ3v) is 2.95. The van der Waals surface area contributed by atoms with E-state index in [9.17, 15) is 9.90 Å². The Kier molecular flexibility index (Phi) is 4.76. The van der Waals surface area contributed by atoms with Gasteiger partial charge < -0.3 is 10.4 Å². The molecular weight excluding hydrogens is 254 g/mol. The van der Waals surface area contributed by atoms with E-state index in [1.54, 1.807) is 6.92 Å². The fourth-order valence-electron chi connectivity index (χ4n) is 1.87. The van der Waals surface area contributed by atoms with Crippen LogP contribution in [0.1, 0.15) is 27.2 Å². The van der Waals surface area contributed by atoms with Gasteiger partial charge in [-0.15, -0.1) is 0 Å². The quantitative estimate of drug-likeness (QED) is 0.856. The van der Waals surface area contributed by atoms with Crippen LogP contribution in [0.2, 0.25) is 5.02 Å². The van der Waals surface area contributed by atoms with Crippen LogP contribution in [0, 0.1) is 5.92 Å². The second-order valence-corrected chi connectivity index (χ2v) is 5.63. The molecule has 0 fully saturated rings. The maximum Gasteiger partial charge on any atom is 0.287 e. The van der Waals surface area contributed by atoms with Gasteiger partial charge in [0, 0.05) is 13.6 Å². The summed E-state index contributed by atoms with van der Waals surface area (Å²) in [7, 11) is 1.53. The Morgan fingerprint density at radius 1 is 1.61 bits per heavy atom. The van der Waals surface area contributed by atoms with Crippen molar-refractivity contribution in [2.24, 2.45) is 13.0 Å². The van der Waals surface area contributed by atoms with Gasteiger partial charge >= 0.3 is 0 Å². The lowest BCUT2D eigenvalue weighted by molar-refractivity contribution is 0.0515. The van der Waals surface area contributed by atoms with Crippen LogP contribution in [-0.4, -0.2) is 27.0 Å². The van der Waals surface area contributed by atoms with Crippen molar-refractivity contribution in [3.05, 3.63) is 21.6 Å². The highest BCUT2D eigenvalue weighted by Crippen LogP contribution is 2.20. The lowest BCUT2D eigenvalue weighted by atomic mass is 9.94. The summed E-state index contributed by atoms with van der Waals surface area (Å²) in [6.45, 7) is 6.16. The van der Waals surface area contributed by atoms with Gasteiger partial charge in [-0.3, -0.25) is 4.79 Å². The van der Waals surface area contributed by atoms with Crippen molar-refractivity contribution in [1.29, 1.82) is 0 Å². The number of nitrogens with one attached hydrogen (secondary N) is 1. The molecule has 0 saturated carbocycles. The predicted octanol–water partition coefficient (Wildman–Crippen LogP) is 1.64. The number of anilines is 1. The van der Waals surface area contributed by atoms with Gasteiger partial charge in [0.1, 0.15) is 5.02 Å². The summed E-state index contributed by atoms with van der Waals surface area (Å²) in [4.78, 5) is 11.6. The van der Waals surface area contributed by atoms with Crippen molar-refractivity contribution in [1.82, 2.24) is 9.78 Å². The van der Waals surface area contributed by atoms with Crippen molar-refractivity contribution >= 4 is 17.3 Å². The largest absolute Gasteiger partial charge is 0.388 e. The third kappa shape index (κ3) is 3.99. The molecule has 0 aromatic carbocycles. The molecule has 1 rings (SSSR count). The third-order valence-electron chi connectivity index (χ3n) is 2.59. The Morgan fingerprint density at radius 3 is 2.78 bits per heavy atom. The molecule has 18 heavy (non-hydrogen) atoms. The zero-order valence-electron chi connectivity index (χ0n) is 11.2.